The van der Waals surface area contributed by atoms with Crippen LogP contribution in [0, 0.1) is 6.92 Å². The predicted molar refractivity (Wildman–Crippen MR) is 138 cm³/mol. The van der Waals surface area contributed by atoms with E-state index in [1.165, 1.54) is 11.1 Å². The molecule has 0 fully saturated rings. The largest absolute Gasteiger partial charge is 0.496 e. The molecule has 0 saturated heterocycles. The molecular formula is C29H30N2O4. The van der Waals surface area contributed by atoms with Gasteiger partial charge in [0, 0.05) is 29.3 Å². The van der Waals surface area contributed by atoms with E-state index in [1.54, 1.807) is 21.3 Å². The average Bonchev–Trinajstić information content (AvgIpc) is 3.05. The Balaban J connectivity index is 1.66. The van der Waals surface area contributed by atoms with Crippen LogP contribution in [0.2, 0.25) is 0 Å². The normalized spacial score (nSPS) is 19.0. The maximum absolute atomic E-state index is 13.8. The second-order valence-electron chi connectivity index (χ2n) is 9.03. The number of hydrogen-bond acceptors (Lipinski definition) is 6. The lowest BCUT2D eigenvalue weighted by atomic mass is 9.78. The maximum atomic E-state index is 13.8. The van der Waals surface area contributed by atoms with E-state index in [4.69, 9.17) is 14.2 Å². The highest BCUT2D eigenvalue weighted by atomic mass is 16.5. The summed E-state index contributed by atoms with van der Waals surface area (Å²) in [5.41, 5.74) is 6.74. The van der Waals surface area contributed by atoms with Crippen LogP contribution in [0.25, 0.3) is 0 Å². The molecule has 2 N–H and O–H groups in total. The second-order valence-corrected chi connectivity index (χ2v) is 9.03. The highest BCUT2D eigenvalue weighted by Gasteiger charge is 2.37. The number of rotatable bonds is 5. The Morgan fingerprint density at radius 3 is 2.14 bits per heavy atom. The summed E-state index contributed by atoms with van der Waals surface area (Å²) < 4.78 is 16.8. The molecule has 0 spiro atoms. The fraction of sp³-hybridized carbons (Fsp3) is 0.276. The molecule has 0 amide bonds. The molecule has 0 saturated carbocycles. The number of para-hydroxylation sites is 2. The highest BCUT2D eigenvalue weighted by molar-refractivity contribution is 6.01. The van der Waals surface area contributed by atoms with Gasteiger partial charge >= 0.3 is 0 Å². The number of anilines is 2. The van der Waals surface area contributed by atoms with Crippen molar-refractivity contribution in [3.05, 3.63) is 88.6 Å². The van der Waals surface area contributed by atoms with Gasteiger partial charge in [0.1, 0.15) is 5.75 Å². The van der Waals surface area contributed by atoms with Crippen LogP contribution < -0.4 is 24.8 Å². The number of carbonyl (C=O) groups is 1. The Morgan fingerprint density at radius 1 is 0.800 bits per heavy atom. The van der Waals surface area contributed by atoms with Crippen molar-refractivity contribution in [2.24, 2.45) is 0 Å². The summed E-state index contributed by atoms with van der Waals surface area (Å²) in [7, 11) is 4.82. The molecule has 2 atom stereocenters. The zero-order valence-corrected chi connectivity index (χ0v) is 20.5. The molecule has 0 bridgehead atoms. The van der Waals surface area contributed by atoms with Crippen LogP contribution in [0.3, 0.4) is 0 Å². The molecule has 1 aliphatic heterocycles. The Morgan fingerprint density at radius 2 is 1.46 bits per heavy atom. The van der Waals surface area contributed by atoms with Crippen molar-refractivity contribution in [3.8, 4) is 17.2 Å². The van der Waals surface area contributed by atoms with Gasteiger partial charge in [-0.15, -0.1) is 0 Å². The SMILES string of the molecule is COc1cc(OC)c([C@@H]2Nc3ccccc3NC3=C2C(=O)C[C@@H](c2ccc(C)cc2)C3)cc1OC. The van der Waals surface area contributed by atoms with Gasteiger partial charge in [0.15, 0.2) is 17.3 Å². The zero-order chi connectivity index (χ0) is 24.5. The molecule has 0 unspecified atom stereocenters. The number of allylic oxidation sites excluding steroid dienone is 1. The maximum Gasteiger partial charge on any atom is 0.164 e. The van der Waals surface area contributed by atoms with Crippen molar-refractivity contribution in [3.63, 3.8) is 0 Å². The summed E-state index contributed by atoms with van der Waals surface area (Å²) in [6, 6.07) is 19.8. The van der Waals surface area contributed by atoms with Crippen molar-refractivity contribution < 1.29 is 19.0 Å². The molecule has 5 rings (SSSR count). The van der Waals surface area contributed by atoms with E-state index in [-0.39, 0.29) is 11.7 Å². The topological polar surface area (TPSA) is 68.8 Å². The summed E-state index contributed by atoms with van der Waals surface area (Å²) in [6.07, 6.45) is 1.19. The standard InChI is InChI=1S/C29H30N2O4/c1-17-9-11-18(12-10-17)19-13-23-28(24(32)14-19)29(31-22-8-6-5-7-21(22)30-23)20-15-26(34-3)27(35-4)16-25(20)33-2/h5-12,15-16,19,29-31H,13-14H2,1-4H3/t19-,29-/m0/s1. The first kappa shape index (κ1) is 22.8. The first-order chi connectivity index (χ1) is 17.0. The van der Waals surface area contributed by atoms with Crippen molar-refractivity contribution in [2.75, 3.05) is 32.0 Å². The highest BCUT2D eigenvalue weighted by Crippen LogP contribution is 2.47. The van der Waals surface area contributed by atoms with Gasteiger partial charge in [-0.3, -0.25) is 4.79 Å². The van der Waals surface area contributed by atoms with E-state index < -0.39 is 6.04 Å². The monoisotopic (exact) mass is 470 g/mol. The molecule has 6 heteroatoms. The van der Waals surface area contributed by atoms with E-state index in [1.807, 2.05) is 36.4 Å². The third-order valence-electron chi connectivity index (χ3n) is 6.90. The lowest BCUT2D eigenvalue weighted by Gasteiger charge is -2.30. The number of Topliss-reactive ketones (excluding diaryl/α,β-unsaturated/α-hetero) is 1. The van der Waals surface area contributed by atoms with Gasteiger partial charge in [-0.2, -0.15) is 0 Å². The van der Waals surface area contributed by atoms with Crippen molar-refractivity contribution in [1.82, 2.24) is 0 Å². The summed E-state index contributed by atoms with van der Waals surface area (Å²) in [5, 5.41) is 7.20. The summed E-state index contributed by atoms with van der Waals surface area (Å²) in [6.45, 7) is 2.08. The minimum absolute atomic E-state index is 0.117. The van der Waals surface area contributed by atoms with E-state index in [9.17, 15) is 4.79 Å². The van der Waals surface area contributed by atoms with Gasteiger partial charge in [0.2, 0.25) is 0 Å². The van der Waals surface area contributed by atoms with Crippen LogP contribution in [-0.4, -0.2) is 27.1 Å². The number of carbonyl (C=O) groups excluding carboxylic acids is 1. The van der Waals surface area contributed by atoms with Crippen molar-refractivity contribution in [2.45, 2.75) is 31.7 Å². The lowest BCUT2D eigenvalue weighted by Crippen LogP contribution is -2.27. The van der Waals surface area contributed by atoms with E-state index >= 15 is 0 Å². The molecule has 0 aromatic heterocycles. The fourth-order valence-corrected chi connectivity index (χ4v) is 5.08. The van der Waals surface area contributed by atoms with Crippen LogP contribution in [0.15, 0.2) is 71.9 Å². The van der Waals surface area contributed by atoms with Gasteiger partial charge in [0.05, 0.1) is 38.7 Å². The number of ether oxygens (including phenoxy) is 3. The first-order valence-electron chi connectivity index (χ1n) is 11.8. The summed E-state index contributed by atoms with van der Waals surface area (Å²) in [4.78, 5) is 13.8. The molecule has 180 valence electrons. The number of methoxy groups -OCH3 is 3. The predicted octanol–water partition coefficient (Wildman–Crippen LogP) is 6.00. The van der Waals surface area contributed by atoms with Gasteiger partial charge in [0.25, 0.3) is 0 Å². The zero-order valence-electron chi connectivity index (χ0n) is 20.5. The smallest absolute Gasteiger partial charge is 0.164 e. The van der Waals surface area contributed by atoms with Crippen LogP contribution in [0.1, 0.15) is 41.5 Å². The van der Waals surface area contributed by atoms with E-state index in [2.05, 4.69) is 41.8 Å². The minimum atomic E-state index is -0.414. The molecular weight excluding hydrogens is 440 g/mol. The third kappa shape index (κ3) is 4.20. The van der Waals surface area contributed by atoms with Crippen LogP contribution >= 0.6 is 0 Å². The van der Waals surface area contributed by atoms with Gasteiger partial charge in [-0.25, -0.2) is 0 Å². The summed E-state index contributed by atoms with van der Waals surface area (Å²) in [5.74, 6) is 2.02. The molecule has 3 aromatic carbocycles. The number of fused-ring (bicyclic) bond motifs is 1. The van der Waals surface area contributed by atoms with Gasteiger partial charge in [-0.1, -0.05) is 42.0 Å². The first-order valence-corrected chi connectivity index (χ1v) is 11.8. The number of hydrogen-bond donors (Lipinski definition) is 2. The Hall–Kier alpha value is -3.93. The number of aryl methyl sites for hydroxylation is 1. The van der Waals surface area contributed by atoms with Crippen LogP contribution in [-0.2, 0) is 4.79 Å². The quantitative estimate of drug-likeness (QED) is 0.477. The molecule has 35 heavy (non-hydrogen) atoms. The van der Waals surface area contributed by atoms with Gasteiger partial charge < -0.3 is 24.8 Å². The number of nitrogens with one attached hydrogen (secondary N) is 2. The average molecular weight is 471 g/mol. The van der Waals surface area contributed by atoms with E-state index in [0.717, 1.165) is 34.6 Å². The van der Waals surface area contributed by atoms with Crippen molar-refractivity contribution >= 4 is 17.2 Å². The minimum Gasteiger partial charge on any atom is -0.496 e. The van der Waals surface area contributed by atoms with Crippen molar-refractivity contribution in [1.29, 1.82) is 0 Å². The second kappa shape index (κ2) is 9.37. The molecule has 0 radical (unpaired) electrons. The molecule has 1 aliphatic carbocycles. The molecule has 6 nitrogen and oxygen atoms in total. The lowest BCUT2D eigenvalue weighted by molar-refractivity contribution is -0.116. The molecule has 1 heterocycles. The van der Waals surface area contributed by atoms with E-state index in [0.29, 0.717) is 23.7 Å². The third-order valence-corrected chi connectivity index (χ3v) is 6.90. The molecule has 2 aliphatic rings. The van der Waals surface area contributed by atoms with Crippen LogP contribution in [0.5, 0.6) is 17.2 Å². The Labute approximate surface area is 205 Å². The number of ketones is 1. The summed E-state index contributed by atoms with van der Waals surface area (Å²) >= 11 is 0. The molecule has 3 aromatic rings. The van der Waals surface area contributed by atoms with Gasteiger partial charge in [-0.05, 0) is 43.0 Å². The Bertz CT molecular complexity index is 1300. The fourth-order valence-electron chi connectivity index (χ4n) is 5.08. The number of benzene rings is 3. The van der Waals surface area contributed by atoms with Crippen LogP contribution in [0.4, 0.5) is 11.4 Å². The Kier molecular flexibility index (Phi) is 6.12.